The second kappa shape index (κ2) is 7.61. The highest BCUT2D eigenvalue weighted by atomic mass is 16.5. The SMILES string of the molecule is O=C(O)CCC1CCCCN1C(=O)NCCc1ncno1. The zero-order valence-corrected chi connectivity index (χ0v) is 11.8. The van der Waals surface area contributed by atoms with Gasteiger partial charge in [-0.25, -0.2) is 4.79 Å². The zero-order valence-electron chi connectivity index (χ0n) is 11.8. The average molecular weight is 296 g/mol. The van der Waals surface area contributed by atoms with E-state index in [1.54, 1.807) is 4.90 Å². The number of carbonyl (C=O) groups excluding carboxylic acids is 1. The van der Waals surface area contributed by atoms with Gasteiger partial charge in [-0.2, -0.15) is 4.98 Å². The fourth-order valence-corrected chi connectivity index (χ4v) is 2.54. The van der Waals surface area contributed by atoms with Crippen molar-refractivity contribution in [3.05, 3.63) is 12.2 Å². The number of carbonyl (C=O) groups is 2. The third-order valence-electron chi connectivity index (χ3n) is 3.60. The highest BCUT2D eigenvalue weighted by Crippen LogP contribution is 2.20. The highest BCUT2D eigenvalue weighted by Gasteiger charge is 2.26. The van der Waals surface area contributed by atoms with E-state index in [1.807, 2.05) is 0 Å². The molecule has 8 nitrogen and oxygen atoms in total. The number of nitrogens with zero attached hydrogens (tertiary/aromatic N) is 3. The fraction of sp³-hybridized carbons (Fsp3) is 0.692. The first-order chi connectivity index (χ1) is 10.2. The summed E-state index contributed by atoms with van der Waals surface area (Å²) in [6.45, 7) is 1.10. The van der Waals surface area contributed by atoms with Gasteiger partial charge in [0.1, 0.15) is 0 Å². The van der Waals surface area contributed by atoms with Gasteiger partial charge in [-0.05, 0) is 25.7 Å². The first kappa shape index (κ1) is 15.3. The van der Waals surface area contributed by atoms with Crippen molar-refractivity contribution in [2.24, 2.45) is 0 Å². The Labute approximate surface area is 122 Å². The summed E-state index contributed by atoms with van der Waals surface area (Å²) in [7, 11) is 0. The van der Waals surface area contributed by atoms with Crippen molar-refractivity contribution in [2.45, 2.75) is 44.6 Å². The largest absolute Gasteiger partial charge is 0.481 e. The maximum Gasteiger partial charge on any atom is 0.317 e. The van der Waals surface area contributed by atoms with E-state index >= 15 is 0 Å². The second-order valence-electron chi connectivity index (χ2n) is 5.09. The van der Waals surface area contributed by atoms with E-state index in [0.717, 1.165) is 19.3 Å². The van der Waals surface area contributed by atoms with Crippen LogP contribution in [0.2, 0.25) is 0 Å². The molecule has 1 saturated heterocycles. The molecule has 2 heterocycles. The minimum Gasteiger partial charge on any atom is -0.481 e. The number of urea groups is 1. The van der Waals surface area contributed by atoms with Crippen LogP contribution in [0.15, 0.2) is 10.9 Å². The van der Waals surface area contributed by atoms with Gasteiger partial charge in [-0.15, -0.1) is 0 Å². The normalized spacial score (nSPS) is 18.5. The van der Waals surface area contributed by atoms with Crippen LogP contribution in [-0.2, 0) is 11.2 Å². The van der Waals surface area contributed by atoms with Crippen LogP contribution in [0.25, 0.3) is 0 Å². The molecule has 2 amide bonds. The van der Waals surface area contributed by atoms with Crippen LogP contribution in [0.3, 0.4) is 0 Å². The summed E-state index contributed by atoms with van der Waals surface area (Å²) in [5.74, 6) is -0.339. The molecule has 8 heteroatoms. The highest BCUT2D eigenvalue weighted by molar-refractivity contribution is 5.74. The Morgan fingerprint density at radius 3 is 3.05 bits per heavy atom. The van der Waals surface area contributed by atoms with E-state index in [2.05, 4.69) is 15.5 Å². The van der Waals surface area contributed by atoms with Gasteiger partial charge >= 0.3 is 12.0 Å². The number of nitrogens with one attached hydrogen (secondary N) is 1. The molecule has 0 bridgehead atoms. The van der Waals surface area contributed by atoms with Gasteiger partial charge in [0, 0.05) is 32.0 Å². The Bertz CT molecular complexity index is 463. The van der Waals surface area contributed by atoms with Crippen molar-refractivity contribution < 1.29 is 19.2 Å². The molecular formula is C13H20N4O4. The predicted molar refractivity (Wildman–Crippen MR) is 72.6 cm³/mol. The Morgan fingerprint density at radius 2 is 2.33 bits per heavy atom. The number of aromatic nitrogens is 2. The number of carboxylic acid groups (broad SMARTS) is 1. The maximum absolute atomic E-state index is 12.2. The van der Waals surface area contributed by atoms with E-state index in [4.69, 9.17) is 9.63 Å². The Balaban J connectivity index is 1.78. The molecule has 21 heavy (non-hydrogen) atoms. The van der Waals surface area contributed by atoms with Gasteiger partial charge in [-0.3, -0.25) is 4.79 Å². The maximum atomic E-state index is 12.2. The van der Waals surface area contributed by atoms with Crippen molar-refractivity contribution in [3.63, 3.8) is 0 Å². The fourth-order valence-electron chi connectivity index (χ4n) is 2.54. The van der Waals surface area contributed by atoms with E-state index < -0.39 is 5.97 Å². The molecule has 1 aliphatic rings. The van der Waals surface area contributed by atoms with Gasteiger partial charge in [0.05, 0.1) is 0 Å². The Hall–Kier alpha value is -2.12. The summed E-state index contributed by atoms with van der Waals surface area (Å²) in [5.41, 5.74) is 0. The summed E-state index contributed by atoms with van der Waals surface area (Å²) in [4.78, 5) is 28.5. The number of rotatable bonds is 6. The molecule has 0 saturated carbocycles. The molecule has 1 aromatic rings. The lowest BCUT2D eigenvalue weighted by Gasteiger charge is -2.35. The van der Waals surface area contributed by atoms with E-state index in [0.29, 0.717) is 31.8 Å². The lowest BCUT2D eigenvalue weighted by atomic mass is 9.98. The van der Waals surface area contributed by atoms with E-state index in [9.17, 15) is 9.59 Å². The molecule has 1 unspecified atom stereocenters. The van der Waals surface area contributed by atoms with Crippen molar-refractivity contribution in [3.8, 4) is 0 Å². The molecule has 0 aromatic carbocycles. The molecular weight excluding hydrogens is 276 g/mol. The van der Waals surface area contributed by atoms with Gasteiger partial charge in [0.15, 0.2) is 6.33 Å². The minimum absolute atomic E-state index is 0.0123. The summed E-state index contributed by atoms with van der Waals surface area (Å²) >= 11 is 0. The lowest BCUT2D eigenvalue weighted by Crippen LogP contribution is -2.49. The molecule has 0 aliphatic carbocycles. The monoisotopic (exact) mass is 296 g/mol. The van der Waals surface area contributed by atoms with Crippen molar-refractivity contribution in [2.75, 3.05) is 13.1 Å². The van der Waals surface area contributed by atoms with E-state index in [1.165, 1.54) is 6.33 Å². The Kier molecular flexibility index (Phi) is 5.53. The van der Waals surface area contributed by atoms with Crippen molar-refractivity contribution in [1.82, 2.24) is 20.4 Å². The molecule has 1 aliphatic heterocycles. The van der Waals surface area contributed by atoms with Crippen molar-refractivity contribution >= 4 is 12.0 Å². The molecule has 2 N–H and O–H groups in total. The lowest BCUT2D eigenvalue weighted by molar-refractivity contribution is -0.137. The number of amides is 2. The van der Waals surface area contributed by atoms with Crippen molar-refractivity contribution in [1.29, 1.82) is 0 Å². The zero-order chi connectivity index (χ0) is 15.1. The molecule has 2 rings (SSSR count). The number of aliphatic carboxylic acids is 1. The third kappa shape index (κ3) is 4.73. The molecule has 116 valence electrons. The molecule has 1 aromatic heterocycles. The molecule has 0 radical (unpaired) electrons. The second-order valence-corrected chi connectivity index (χ2v) is 5.09. The number of carboxylic acids is 1. The quantitative estimate of drug-likeness (QED) is 0.812. The molecule has 0 spiro atoms. The number of likely N-dealkylation sites (tertiary alicyclic amines) is 1. The molecule has 1 fully saturated rings. The van der Waals surface area contributed by atoms with Gasteiger partial charge in [0.2, 0.25) is 5.89 Å². The van der Waals surface area contributed by atoms with Crippen LogP contribution in [0.5, 0.6) is 0 Å². The summed E-state index contributed by atoms with van der Waals surface area (Å²) in [6, 6.07) is -0.136. The van der Waals surface area contributed by atoms with Gasteiger partial charge in [-0.1, -0.05) is 5.16 Å². The average Bonchev–Trinajstić information content (AvgIpc) is 2.98. The van der Waals surface area contributed by atoms with Gasteiger partial charge < -0.3 is 19.8 Å². The predicted octanol–water partition coefficient (Wildman–Crippen LogP) is 1.04. The number of piperidine rings is 1. The standard InChI is InChI=1S/C13H20N4O4/c18-12(19)5-4-10-3-1-2-8-17(10)13(20)14-7-6-11-15-9-16-21-11/h9-10H,1-8H2,(H,14,20)(H,18,19). The van der Waals surface area contributed by atoms with Crippen LogP contribution < -0.4 is 5.32 Å². The van der Waals surface area contributed by atoms with Crippen LogP contribution in [0.1, 0.15) is 38.0 Å². The summed E-state index contributed by atoms with van der Waals surface area (Å²) in [6.07, 6.45) is 5.27. The summed E-state index contributed by atoms with van der Waals surface area (Å²) in [5, 5.41) is 15.1. The summed E-state index contributed by atoms with van der Waals surface area (Å²) < 4.78 is 4.86. The minimum atomic E-state index is -0.822. The van der Waals surface area contributed by atoms with E-state index in [-0.39, 0.29) is 18.5 Å². The number of hydrogen-bond donors (Lipinski definition) is 2. The Morgan fingerprint density at radius 1 is 1.48 bits per heavy atom. The van der Waals surface area contributed by atoms with Gasteiger partial charge in [0.25, 0.3) is 0 Å². The first-order valence-electron chi connectivity index (χ1n) is 7.18. The third-order valence-corrected chi connectivity index (χ3v) is 3.60. The first-order valence-corrected chi connectivity index (χ1v) is 7.18. The topological polar surface area (TPSA) is 109 Å². The molecule has 1 atom stereocenters. The van der Waals surface area contributed by atoms with Crippen LogP contribution in [0, 0.1) is 0 Å². The number of hydrogen-bond acceptors (Lipinski definition) is 5. The van der Waals surface area contributed by atoms with Crippen LogP contribution in [0.4, 0.5) is 4.79 Å². The smallest absolute Gasteiger partial charge is 0.317 e. The van der Waals surface area contributed by atoms with Crippen LogP contribution >= 0.6 is 0 Å². The van der Waals surface area contributed by atoms with Crippen LogP contribution in [-0.4, -0.2) is 51.3 Å².